The standard InChI is InChI=1S/C20H21N7O/c21-19-18-16(23-8-4-10-28-14-5-2-1-3-6-14)11-13(12-17(18)26-27-19)15-7-9-24-20(22)25-15/h1-3,5-7,9,11-12,23H,4,8,10H2,(H3,21,26,27)(H2,22,24,25). The summed E-state index contributed by atoms with van der Waals surface area (Å²) in [6.07, 6.45) is 2.47. The maximum absolute atomic E-state index is 6.04. The van der Waals surface area contributed by atoms with Gasteiger partial charge in [-0.25, -0.2) is 9.97 Å². The van der Waals surface area contributed by atoms with Gasteiger partial charge in [0.2, 0.25) is 5.95 Å². The number of hydrogen-bond donors (Lipinski definition) is 4. The third-order valence-corrected chi connectivity index (χ3v) is 4.31. The lowest BCUT2D eigenvalue weighted by atomic mass is 10.1. The summed E-state index contributed by atoms with van der Waals surface area (Å²) >= 11 is 0. The summed E-state index contributed by atoms with van der Waals surface area (Å²) in [4.78, 5) is 8.24. The maximum Gasteiger partial charge on any atom is 0.220 e. The average Bonchev–Trinajstić information content (AvgIpc) is 3.09. The second-order valence-corrected chi connectivity index (χ2v) is 6.30. The summed E-state index contributed by atoms with van der Waals surface area (Å²) in [5, 5.41) is 11.4. The first kappa shape index (κ1) is 17.6. The van der Waals surface area contributed by atoms with Crippen LogP contribution in [0.1, 0.15) is 6.42 Å². The van der Waals surface area contributed by atoms with E-state index in [0.717, 1.165) is 46.6 Å². The van der Waals surface area contributed by atoms with E-state index in [0.29, 0.717) is 12.4 Å². The predicted octanol–water partition coefficient (Wildman–Crippen LogP) is 3.07. The van der Waals surface area contributed by atoms with Gasteiger partial charge in [0.15, 0.2) is 5.82 Å². The first-order valence-electron chi connectivity index (χ1n) is 8.99. The first-order valence-corrected chi connectivity index (χ1v) is 8.99. The van der Waals surface area contributed by atoms with E-state index in [1.54, 1.807) is 6.20 Å². The summed E-state index contributed by atoms with van der Waals surface area (Å²) in [7, 11) is 0. The van der Waals surface area contributed by atoms with Crippen molar-refractivity contribution < 1.29 is 4.74 Å². The van der Waals surface area contributed by atoms with Crippen LogP contribution in [0.3, 0.4) is 0 Å². The van der Waals surface area contributed by atoms with E-state index < -0.39 is 0 Å². The lowest BCUT2D eigenvalue weighted by molar-refractivity contribution is 0.315. The van der Waals surface area contributed by atoms with E-state index in [-0.39, 0.29) is 5.95 Å². The number of aromatic amines is 1. The van der Waals surface area contributed by atoms with Crippen LogP contribution in [-0.2, 0) is 0 Å². The van der Waals surface area contributed by atoms with E-state index in [9.17, 15) is 0 Å². The van der Waals surface area contributed by atoms with Gasteiger partial charge in [-0.05, 0) is 36.8 Å². The topological polar surface area (TPSA) is 128 Å². The van der Waals surface area contributed by atoms with Gasteiger partial charge in [-0.3, -0.25) is 5.10 Å². The van der Waals surface area contributed by atoms with Crippen LogP contribution < -0.4 is 21.5 Å². The fourth-order valence-corrected chi connectivity index (χ4v) is 3.01. The van der Waals surface area contributed by atoms with Gasteiger partial charge in [-0.2, -0.15) is 5.10 Å². The van der Waals surface area contributed by atoms with Gasteiger partial charge >= 0.3 is 0 Å². The smallest absolute Gasteiger partial charge is 0.220 e. The van der Waals surface area contributed by atoms with Gasteiger partial charge in [-0.15, -0.1) is 0 Å². The second-order valence-electron chi connectivity index (χ2n) is 6.30. The normalized spacial score (nSPS) is 10.9. The number of fused-ring (bicyclic) bond motifs is 1. The number of H-pyrrole nitrogens is 1. The van der Waals surface area contributed by atoms with Crippen molar-refractivity contribution in [3.8, 4) is 17.0 Å². The molecule has 0 aliphatic carbocycles. The summed E-state index contributed by atoms with van der Waals surface area (Å²) in [5.74, 6) is 1.55. The number of para-hydroxylation sites is 1. The molecular weight excluding hydrogens is 354 g/mol. The molecule has 4 aromatic rings. The highest BCUT2D eigenvalue weighted by Crippen LogP contribution is 2.32. The molecule has 2 aromatic carbocycles. The third-order valence-electron chi connectivity index (χ3n) is 4.31. The number of benzene rings is 2. The molecule has 0 spiro atoms. The Morgan fingerprint density at radius 1 is 1.07 bits per heavy atom. The van der Waals surface area contributed by atoms with Crippen LogP contribution in [0.2, 0.25) is 0 Å². The quantitative estimate of drug-likeness (QED) is 0.365. The number of nitrogens with two attached hydrogens (primary N) is 2. The number of anilines is 3. The van der Waals surface area contributed by atoms with Gasteiger partial charge < -0.3 is 21.5 Å². The molecule has 8 heteroatoms. The van der Waals surface area contributed by atoms with Crippen molar-refractivity contribution in [1.29, 1.82) is 0 Å². The molecule has 0 aliphatic heterocycles. The molecule has 0 saturated carbocycles. The Balaban J connectivity index is 1.49. The average molecular weight is 375 g/mol. The van der Waals surface area contributed by atoms with Crippen LogP contribution in [0, 0.1) is 0 Å². The molecule has 0 aliphatic rings. The molecule has 0 unspecified atom stereocenters. The Kier molecular flexibility index (Phi) is 4.92. The monoisotopic (exact) mass is 375 g/mol. The zero-order valence-electron chi connectivity index (χ0n) is 15.2. The van der Waals surface area contributed by atoms with Gasteiger partial charge in [-0.1, -0.05) is 18.2 Å². The van der Waals surface area contributed by atoms with E-state index in [4.69, 9.17) is 16.2 Å². The minimum absolute atomic E-state index is 0.231. The van der Waals surface area contributed by atoms with Crippen LogP contribution in [0.5, 0.6) is 5.75 Å². The summed E-state index contributed by atoms with van der Waals surface area (Å²) in [6.45, 7) is 1.34. The number of aromatic nitrogens is 4. The van der Waals surface area contributed by atoms with Crippen LogP contribution in [0.4, 0.5) is 17.5 Å². The van der Waals surface area contributed by atoms with Crippen LogP contribution in [0.15, 0.2) is 54.7 Å². The van der Waals surface area contributed by atoms with Gasteiger partial charge in [0, 0.05) is 24.0 Å². The van der Waals surface area contributed by atoms with Crippen molar-refractivity contribution in [1.82, 2.24) is 20.2 Å². The molecule has 28 heavy (non-hydrogen) atoms. The van der Waals surface area contributed by atoms with E-state index in [2.05, 4.69) is 25.5 Å². The number of nitrogen functional groups attached to an aromatic ring is 2. The highest BCUT2D eigenvalue weighted by molar-refractivity contribution is 6.02. The van der Waals surface area contributed by atoms with Crippen molar-refractivity contribution in [2.24, 2.45) is 0 Å². The molecule has 4 rings (SSSR count). The molecule has 2 heterocycles. The number of ether oxygens (including phenoxy) is 1. The summed E-state index contributed by atoms with van der Waals surface area (Å²) in [5.41, 5.74) is 15.1. The molecule has 8 nitrogen and oxygen atoms in total. The van der Waals surface area contributed by atoms with Crippen molar-refractivity contribution in [3.63, 3.8) is 0 Å². The van der Waals surface area contributed by atoms with Crippen molar-refractivity contribution in [2.45, 2.75) is 6.42 Å². The minimum atomic E-state index is 0.231. The molecule has 0 bridgehead atoms. The van der Waals surface area contributed by atoms with E-state index >= 15 is 0 Å². The SMILES string of the molecule is Nc1nccc(-c2cc(NCCCOc3ccccc3)c3c(N)n[nH]c3c2)n1. The lowest BCUT2D eigenvalue weighted by Crippen LogP contribution is -2.08. The number of nitrogens with zero attached hydrogens (tertiary/aromatic N) is 3. The fourth-order valence-electron chi connectivity index (χ4n) is 3.01. The van der Waals surface area contributed by atoms with E-state index in [1.807, 2.05) is 48.5 Å². The maximum atomic E-state index is 6.04. The highest BCUT2D eigenvalue weighted by atomic mass is 16.5. The number of hydrogen-bond acceptors (Lipinski definition) is 7. The van der Waals surface area contributed by atoms with Crippen molar-refractivity contribution >= 4 is 28.4 Å². The molecule has 2 aromatic heterocycles. The van der Waals surface area contributed by atoms with E-state index in [1.165, 1.54) is 0 Å². The molecule has 0 amide bonds. The molecule has 0 atom stereocenters. The second kappa shape index (κ2) is 7.83. The van der Waals surface area contributed by atoms with Crippen LogP contribution >= 0.6 is 0 Å². The largest absolute Gasteiger partial charge is 0.494 e. The molecular formula is C20H21N7O. The van der Waals surface area contributed by atoms with Crippen LogP contribution in [-0.4, -0.2) is 33.3 Å². The Hall–Kier alpha value is -3.81. The highest BCUT2D eigenvalue weighted by Gasteiger charge is 2.12. The Morgan fingerprint density at radius 2 is 1.93 bits per heavy atom. The summed E-state index contributed by atoms with van der Waals surface area (Å²) < 4.78 is 5.73. The third kappa shape index (κ3) is 3.80. The van der Waals surface area contributed by atoms with Gasteiger partial charge in [0.25, 0.3) is 0 Å². The molecule has 0 fully saturated rings. The molecule has 6 N–H and O–H groups in total. The fraction of sp³-hybridized carbons (Fsp3) is 0.150. The number of rotatable bonds is 7. The van der Waals surface area contributed by atoms with Crippen LogP contribution in [0.25, 0.3) is 22.2 Å². The molecule has 142 valence electrons. The first-order chi connectivity index (χ1) is 13.7. The van der Waals surface area contributed by atoms with Gasteiger partial charge in [0.1, 0.15) is 5.75 Å². The molecule has 0 saturated heterocycles. The minimum Gasteiger partial charge on any atom is -0.494 e. The Bertz CT molecular complexity index is 1080. The molecule has 0 radical (unpaired) electrons. The predicted molar refractivity (Wildman–Crippen MR) is 111 cm³/mol. The zero-order chi connectivity index (χ0) is 19.3. The van der Waals surface area contributed by atoms with Gasteiger partial charge in [0.05, 0.1) is 23.2 Å². The Labute approximate surface area is 162 Å². The van der Waals surface area contributed by atoms with Crippen molar-refractivity contribution in [3.05, 3.63) is 54.7 Å². The lowest BCUT2D eigenvalue weighted by Gasteiger charge is -2.11. The Morgan fingerprint density at radius 3 is 2.75 bits per heavy atom. The number of nitrogens with one attached hydrogen (secondary N) is 2. The van der Waals surface area contributed by atoms with Crippen molar-refractivity contribution in [2.75, 3.05) is 29.9 Å². The summed E-state index contributed by atoms with van der Waals surface area (Å²) in [6, 6.07) is 15.5. The zero-order valence-corrected chi connectivity index (χ0v) is 15.2.